The van der Waals surface area contributed by atoms with Crippen LogP contribution >= 0.6 is 35.0 Å². The van der Waals surface area contributed by atoms with Crippen LogP contribution in [-0.2, 0) is 11.2 Å². The quantitative estimate of drug-likeness (QED) is 0.475. The lowest BCUT2D eigenvalue weighted by Gasteiger charge is -2.24. The number of carbonyl (C=O) groups is 2. The molecule has 4 rings (SSSR count). The topological polar surface area (TPSA) is 49.4 Å². The summed E-state index contributed by atoms with van der Waals surface area (Å²) in [6.07, 6.45) is 0.812. The van der Waals surface area contributed by atoms with E-state index in [0.29, 0.717) is 33.6 Å². The largest absolute Gasteiger partial charge is 0.326 e. The zero-order valence-corrected chi connectivity index (χ0v) is 18.9. The number of benzene rings is 3. The predicted octanol–water partition coefficient (Wildman–Crippen LogP) is 6.06. The first kappa shape index (κ1) is 21.8. The van der Waals surface area contributed by atoms with Gasteiger partial charge in [-0.2, -0.15) is 0 Å². The van der Waals surface area contributed by atoms with Crippen molar-refractivity contribution in [1.82, 2.24) is 4.90 Å². The molecule has 4 nitrogen and oxygen atoms in total. The monoisotopic (exact) mass is 470 g/mol. The van der Waals surface area contributed by atoms with Crippen molar-refractivity contribution in [2.75, 3.05) is 17.6 Å². The molecule has 158 valence electrons. The standard InChI is InChI=1S/C24H20Cl2N2O2S/c25-19-12-20(26)14-21(13-19)27-23(30)17-6-8-18(9-7-17)24-28(22(29)15-31-24)11-10-16-4-2-1-3-5-16/h1-9,12-14,24H,10-11,15H2,(H,27,30). The molecule has 1 aliphatic rings. The number of hydrogen-bond acceptors (Lipinski definition) is 3. The van der Waals surface area contributed by atoms with E-state index in [9.17, 15) is 9.59 Å². The minimum atomic E-state index is -0.249. The molecule has 1 saturated heterocycles. The van der Waals surface area contributed by atoms with Gasteiger partial charge in [-0.1, -0.05) is 65.7 Å². The molecule has 1 unspecified atom stereocenters. The number of anilines is 1. The lowest BCUT2D eigenvalue weighted by Crippen LogP contribution is -2.30. The van der Waals surface area contributed by atoms with Crippen molar-refractivity contribution in [1.29, 1.82) is 0 Å². The normalized spacial score (nSPS) is 15.9. The summed E-state index contributed by atoms with van der Waals surface area (Å²) in [5, 5.41) is 3.67. The molecule has 0 aromatic heterocycles. The molecular formula is C24H20Cl2N2O2S. The predicted molar refractivity (Wildman–Crippen MR) is 128 cm³/mol. The molecule has 3 aromatic carbocycles. The van der Waals surface area contributed by atoms with Crippen molar-refractivity contribution >= 4 is 52.5 Å². The van der Waals surface area contributed by atoms with E-state index in [-0.39, 0.29) is 17.2 Å². The van der Waals surface area contributed by atoms with Gasteiger partial charge in [0.15, 0.2) is 0 Å². The number of hydrogen-bond donors (Lipinski definition) is 1. The van der Waals surface area contributed by atoms with Gasteiger partial charge in [0.1, 0.15) is 5.37 Å². The Morgan fingerprint density at radius 3 is 2.35 bits per heavy atom. The number of nitrogens with zero attached hydrogens (tertiary/aromatic N) is 1. The highest BCUT2D eigenvalue weighted by Gasteiger charge is 2.32. The Morgan fingerprint density at radius 2 is 1.68 bits per heavy atom. The van der Waals surface area contributed by atoms with Crippen LogP contribution < -0.4 is 5.32 Å². The number of halogens is 2. The Hall–Kier alpha value is -2.47. The number of rotatable bonds is 6. The molecule has 1 aliphatic heterocycles. The molecule has 1 fully saturated rings. The summed E-state index contributed by atoms with van der Waals surface area (Å²) in [5.74, 6) is 0.364. The average Bonchev–Trinajstić information content (AvgIpc) is 3.12. The highest BCUT2D eigenvalue weighted by molar-refractivity contribution is 8.00. The van der Waals surface area contributed by atoms with Crippen LogP contribution in [0.4, 0.5) is 5.69 Å². The Balaban J connectivity index is 1.43. The van der Waals surface area contributed by atoms with Crippen molar-refractivity contribution in [3.63, 3.8) is 0 Å². The molecule has 7 heteroatoms. The Kier molecular flexibility index (Phi) is 6.86. The summed E-state index contributed by atoms with van der Waals surface area (Å²) in [5.41, 5.74) is 3.27. The fourth-order valence-electron chi connectivity index (χ4n) is 3.49. The smallest absolute Gasteiger partial charge is 0.255 e. The van der Waals surface area contributed by atoms with Gasteiger partial charge in [-0.05, 0) is 47.9 Å². The van der Waals surface area contributed by atoms with Crippen LogP contribution in [0.5, 0.6) is 0 Å². The van der Waals surface area contributed by atoms with E-state index in [1.54, 1.807) is 42.1 Å². The van der Waals surface area contributed by atoms with E-state index in [1.165, 1.54) is 5.56 Å². The number of nitrogens with one attached hydrogen (secondary N) is 1. The van der Waals surface area contributed by atoms with E-state index in [0.717, 1.165) is 12.0 Å². The second-order valence-corrected chi connectivity index (χ2v) is 9.16. The highest BCUT2D eigenvalue weighted by atomic mass is 35.5. The van der Waals surface area contributed by atoms with Gasteiger partial charge in [0.05, 0.1) is 5.75 Å². The van der Waals surface area contributed by atoms with Crippen LogP contribution in [0.2, 0.25) is 10.0 Å². The molecule has 0 radical (unpaired) electrons. The van der Waals surface area contributed by atoms with Crippen LogP contribution in [0.15, 0.2) is 72.8 Å². The fourth-order valence-corrected chi connectivity index (χ4v) is 5.24. The van der Waals surface area contributed by atoms with Gasteiger partial charge in [0, 0.05) is 27.8 Å². The molecule has 2 amide bonds. The number of amides is 2. The molecule has 1 N–H and O–H groups in total. The zero-order valence-electron chi connectivity index (χ0n) is 16.6. The maximum atomic E-state index is 12.6. The molecule has 1 heterocycles. The van der Waals surface area contributed by atoms with Gasteiger partial charge in [-0.25, -0.2) is 0 Å². The summed E-state index contributed by atoms with van der Waals surface area (Å²) >= 11 is 13.6. The van der Waals surface area contributed by atoms with Gasteiger partial charge in [-0.15, -0.1) is 11.8 Å². The summed E-state index contributed by atoms with van der Waals surface area (Å²) in [4.78, 5) is 26.9. The summed E-state index contributed by atoms with van der Waals surface area (Å²) in [7, 11) is 0. The lowest BCUT2D eigenvalue weighted by atomic mass is 10.1. The third-order valence-electron chi connectivity index (χ3n) is 5.03. The minimum absolute atomic E-state index is 0.0416. The third-order valence-corrected chi connectivity index (χ3v) is 6.72. The summed E-state index contributed by atoms with van der Waals surface area (Å²) in [6, 6.07) is 22.4. The molecule has 0 spiro atoms. The number of carbonyl (C=O) groups excluding carboxylic acids is 2. The Morgan fingerprint density at radius 1 is 1.00 bits per heavy atom. The van der Waals surface area contributed by atoms with Gasteiger partial charge in [0.25, 0.3) is 5.91 Å². The number of thioether (sulfide) groups is 1. The first-order valence-electron chi connectivity index (χ1n) is 9.82. The van der Waals surface area contributed by atoms with Crippen molar-refractivity contribution in [3.8, 4) is 0 Å². The van der Waals surface area contributed by atoms with Crippen molar-refractivity contribution < 1.29 is 9.59 Å². The second kappa shape index (κ2) is 9.77. The van der Waals surface area contributed by atoms with Crippen LogP contribution in [0, 0.1) is 0 Å². The van der Waals surface area contributed by atoms with E-state index in [4.69, 9.17) is 23.2 Å². The first-order chi connectivity index (χ1) is 15.0. The van der Waals surface area contributed by atoms with Gasteiger partial charge in [-0.3, -0.25) is 9.59 Å². The molecule has 1 atom stereocenters. The minimum Gasteiger partial charge on any atom is -0.326 e. The van der Waals surface area contributed by atoms with Crippen LogP contribution in [-0.4, -0.2) is 29.0 Å². The lowest BCUT2D eigenvalue weighted by molar-refractivity contribution is -0.128. The SMILES string of the molecule is O=C(Nc1cc(Cl)cc(Cl)c1)c1ccc(C2SCC(=O)N2CCc2ccccc2)cc1. The molecule has 0 saturated carbocycles. The van der Waals surface area contributed by atoms with E-state index >= 15 is 0 Å². The van der Waals surface area contributed by atoms with Gasteiger partial charge >= 0.3 is 0 Å². The summed E-state index contributed by atoms with van der Waals surface area (Å²) < 4.78 is 0. The fraction of sp³-hybridized carbons (Fsp3) is 0.167. The Bertz CT molecular complexity index is 1070. The van der Waals surface area contributed by atoms with Crippen LogP contribution in [0.25, 0.3) is 0 Å². The molecule has 31 heavy (non-hydrogen) atoms. The van der Waals surface area contributed by atoms with E-state index < -0.39 is 0 Å². The average molecular weight is 471 g/mol. The zero-order chi connectivity index (χ0) is 21.8. The highest BCUT2D eigenvalue weighted by Crippen LogP contribution is 2.38. The molecule has 3 aromatic rings. The third kappa shape index (κ3) is 5.42. The molecule has 0 aliphatic carbocycles. The van der Waals surface area contributed by atoms with Crippen molar-refractivity contribution in [2.24, 2.45) is 0 Å². The summed E-state index contributed by atoms with van der Waals surface area (Å²) in [6.45, 7) is 0.665. The van der Waals surface area contributed by atoms with Crippen LogP contribution in [0.3, 0.4) is 0 Å². The van der Waals surface area contributed by atoms with Gasteiger partial charge < -0.3 is 10.2 Å². The van der Waals surface area contributed by atoms with E-state index in [2.05, 4.69) is 17.4 Å². The first-order valence-corrected chi connectivity index (χ1v) is 11.6. The Labute approximate surface area is 195 Å². The molecular weight excluding hydrogens is 451 g/mol. The van der Waals surface area contributed by atoms with Crippen LogP contribution in [0.1, 0.15) is 26.9 Å². The maximum absolute atomic E-state index is 12.6. The maximum Gasteiger partial charge on any atom is 0.255 e. The van der Waals surface area contributed by atoms with Gasteiger partial charge in [0.2, 0.25) is 5.91 Å². The van der Waals surface area contributed by atoms with E-state index in [1.807, 2.05) is 35.2 Å². The van der Waals surface area contributed by atoms with Crippen molar-refractivity contribution in [2.45, 2.75) is 11.8 Å². The molecule has 0 bridgehead atoms. The second-order valence-electron chi connectivity index (χ2n) is 7.22. The van der Waals surface area contributed by atoms with Crippen molar-refractivity contribution in [3.05, 3.63) is 99.5 Å².